The Labute approximate surface area is 194 Å². The summed E-state index contributed by atoms with van der Waals surface area (Å²) in [7, 11) is 0. The number of alkyl halides is 3. The molecular weight excluding hydrogens is 451 g/mol. The molecule has 1 atom stereocenters. The lowest BCUT2D eigenvalue weighted by molar-refractivity contribution is -0.274. The summed E-state index contributed by atoms with van der Waals surface area (Å²) < 4.78 is 42.0. The minimum absolute atomic E-state index is 0.0195. The maximum absolute atomic E-state index is 12.7. The van der Waals surface area contributed by atoms with E-state index in [0.717, 1.165) is 0 Å². The number of nitrogen functional groups attached to an aromatic ring is 1. The smallest absolute Gasteiger partial charge is 0.406 e. The number of hydrogen-bond acceptors (Lipinski definition) is 7. The van der Waals surface area contributed by atoms with Gasteiger partial charge in [-0.25, -0.2) is 4.98 Å². The summed E-state index contributed by atoms with van der Waals surface area (Å²) in [6.45, 7) is 3.57. The lowest BCUT2D eigenvalue weighted by Crippen LogP contribution is -2.30. The van der Waals surface area contributed by atoms with Gasteiger partial charge in [0.15, 0.2) is 0 Å². The zero-order chi connectivity index (χ0) is 24.9. The summed E-state index contributed by atoms with van der Waals surface area (Å²) in [6.07, 6.45) is -4.85. The first-order chi connectivity index (χ1) is 16.0. The van der Waals surface area contributed by atoms with Gasteiger partial charge in [0.05, 0.1) is 18.3 Å². The first-order valence-corrected chi connectivity index (χ1v) is 10.3. The highest BCUT2D eigenvalue weighted by molar-refractivity contribution is 6.04. The van der Waals surface area contributed by atoms with E-state index in [1.807, 2.05) is 13.8 Å². The zero-order valence-electron chi connectivity index (χ0n) is 18.4. The molecule has 8 nitrogen and oxygen atoms in total. The molecule has 0 fully saturated rings. The number of aromatic nitrogens is 2. The summed E-state index contributed by atoms with van der Waals surface area (Å²) in [5, 5.41) is 15.3. The molecular formula is C23H24F3N5O3. The molecule has 1 aromatic heterocycles. The average molecular weight is 475 g/mol. The number of benzene rings is 2. The monoisotopic (exact) mass is 475 g/mol. The second kappa shape index (κ2) is 10.4. The number of aliphatic hydroxyl groups is 1. The van der Waals surface area contributed by atoms with Gasteiger partial charge in [0, 0.05) is 22.9 Å². The van der Waals surface area contributed by atoms with Crippen LogP contribution in [-0.4, -0.2) is 40.0 Å². The highest BCUT2D eigenvalue weighted by atomic mass is 19.4. The van der Waals surface area contributed by atoms with Crippen LogP contribution < -0.4 is 21.1 Å². The van der Waals surface area contributed by atoms with Gasteiger partial charge in [0.1, 0.15) is 11.6 Å². The summed E-state index contributed by atoms with van der Waals surface area (Å²) in [4.78, 5) is 21.3. The first kappa shape index (κ1) is 24.8. The Bertz CT molecular complexity index is 1150. The maximum atomic E-state index is 12.7. The van der Waals surface area contributed by atoms with Gasteiger partial charge in [0.25, 0.3) is 5.91 Å². The van der Waals surface area contributed by atoms with E-state index in [1.165, 1.54) is 30.3 Å². The van der Waals surface area contributed by atoms with Crippen LogP contribution in [0.4, 0.5) is 30.6 Å². The van der Waals surface area contributed by atoms with Crippen LogP contribution in [0.1, 0.15) is 24.2 Å². The van der Waals surface area contributed by atoms with Gasteiger partial charge in [-0.1, -0.05) is 32.0 Å². The topological polar surface area (TPSA) is 122 Å². The van der Waals surface area contributed by atoms with Crippen LogP contribution in [0.15, 0.2) is 54.6 Å². The van der Waals surface area contributed by atoms with Crippen molar-refractivity contribution in [3.8, 4) is 17.0 Å². The summed E-state index contributed by atoms with van der Waals surface area (Å²) in [6, 6.07) is 12.6. The Morgan fingerprint density at radius 1 is 1.12 bits per heavy atom. The zero-order valence-corrected chi connectivity index (χ0v) is 18.4. The van der Waals surface area contributed by atoms with Crippen molar-refractivity contribution in [1.82, 2.24) is 9.97 Å². The Hall–Kier alpha value is -3.86. The SMILES string of the molecule is CC(C)[C@@H](CO)Nc1nc(NC(=O)c2cccc(N)c2)cc(-c2cccc(OC(F)(F)F)c2)n1. The summed E-state index contributed by atoms with van der Waals surface area (Å²) >= 11 is 0. The van der Waals surface area contributed by atoms with E-state index in [4.69, 9.17) is 5.73 Å². The van der Waals surface area contributed by atoms with Crippen molar-refractivity contribution in [3.63, 3.8) is 0 Å². The number of nitrogens with zero attached hydrogens (tertiary/aromatic N) is 2. The number of anilines is 3. The van der Waals surface area contributed by atoms with Crippen molar-refractivity contribution in [2.75, 3.05) is 23.0 Å². The number of ether oxygens (including phenoxy) is 1. The van der Waals surface area contributed by atoms with Gasteiger partial charge in [-0.2, -0.15) is 4.98 Å². The van der Waals surface area contributed by atoms with Crippen LogP contribution in [-0.2, 0) is 0 Å². The molecule has 0 aliphatic heterocycles. The Morgan fingerprint density at radius 2 is 1.85 bits per heavy atom. The van der Waals surface area contributed by atoms with Gasteiger partial charge in [-0.05, 0) is 36.2 Å². The highest BCUT2D eigenvalue weighted by Crippen LogP contribution is 2.29. The van der Waals surface area contributed by atoms with Crippen LogP contribution in [0.5, 0.6) is 5.75 Å². The average Bonchev–Trinajstić information content (AvgIpc) is 2.76. The van der Waals surface area contributed by atoms with Crippen molar-refractivity contribution in [1.29, 1.82) is 0 Å². The lowest BCUT2D eigenvalue weighted by atomic mass is 10.1. The van der Waals surface area contributed by atoms with Gasteiger partial charge < -0.3 is 26.2 Å². The third-order valence-corrected chi connectivity index (χ3v) is 4.80. The van der Waals surface area contributed by atoms with E-state index in [-0.39, 0.29) is 30.0 Å². The Kier molecular flexibility index (Phi) is 7.57. The number of carbonyl (C=O) groups excluding carboxylic acids is 1. The number of amides is 1. The van der Waals surface area contributed by atoms with E-state index in [1.54, 1.807) is 24.3 Å². The predicted octanol–water partition coefficient (Wildman–Crippen LogP) is 4.31. The van der Waals surface area contributed by atoms with Gasteiger partial charge in [0.2, 0.25) is 5.95 Å². The Morgan fingerprint density at radius 3 is 2.50 bits per heavy atom. The van der Waals surface area contributed by atoms with Gasteiger partial charge in [-0.3, -0.25) is 4.79 Å². The molecule has 34 heavy (non-hydrogen) atoms. The van der Waals surface area contributed by atoms with E-state index >= 15 is 0 Å². The minimum atomic E-state index is -4.85. The normalized spacial score (nSPS) is 12.3. The predicted molar refractivity (Wildman–Crippen MR) is 122 cm³/mol. The number of carbonyl (C=O) groups is 1. The number of hydrogen-bond donors (Lipinski definition) is 4. The van der Waals surface area contributed by atoms with Crippen LogP contribution in [0.2, 0.25) is 0 Å². The third kappa shape index (κ3) is 6.82. The molecule has 0 radical (unpaired) electrons. The summed E-state index contributed by atoms with van der Waals surface area (Å²) in [5.74, 6) is -0.706. The van der Waals surface area contributed by atoms with Crippen molar-refractivity contribution in [2.45, 2.75) is 26.3 Å². The molecule has 0 spiro atoms. The number of nitrogens with two attached hydrogens (primary N) is 1. The van der Waals surface area contributed by atoms with Gasteiger partial charge in [-0.15, -0.1) is 13.2 Å². The van der Waals surface area contributed by atoms with Crippen LogP contribution in [0.3, 0.4) is 0 Å². The number of halogens is 3. The first-order valence-electron chi connectivity index (χ1n) is 10.3. The fourth-order valence-electron chi connectivity index (χ4n) is 3.03. The molecule has 0 saturated carbocycles. The molecule has 3 aromatic rings. The number of nitrogens with one attached hydrogen (secondary N) is 2. The minimum Gasteiger partial charge on any atom is -0.406 e. The second-order valence-corrected chi connectivity index (χ2v) is 7.79. The molecule has 1 amide bonds. The van der Waals surface area contributed by atoms with Crippen molar-refractivity contribution in [2.24, 2.45) is 5.92 Å². The van der Waals surface area contributed by atoms with Gasteiger partial charge >= 0.3 is 6.36 Å². The van der Waals surface area contributed by atoms with E-state index < -0.39 is 24.1 Å². The van der Waals surface area contributed by atoms with E-state index in [9.17, 15) is 23.1 Å². The molecule has 3 rings (SSSR count). The number of rotatable bonds is 8. The van der Waals surface area contributed by atoms with Crippen LogP contribution in [0.25, 0.3) is 11.3 Å². The molecule has 180 valence electrons. The van der Waals surface area contributed by atoms with E-state index in [2.05, 4.69) is 25.3 Å². The molecule has 1 heterocycles. The molecule has 0 saturated heterocycles. The molecule has 11 heteroatoms. The number of aliphatic hydroxyl groups excluding tert-OH is 1. The Balaban J connectivity index is 1.99. The van der Waals surface area contributed by atoms with Crippen LogP contribution in [0, 0.1) is 5.92 Å². The van der Waals surface area contributed by atoms with Crippen molar-refractivity contribution >= 4 is 23.4 Å². The summed E-state index contributed by atoms with van der Waals surface area (Å²) in [5.41, 5.74) is 6.97. The van der Waals surface area contributed by atoms with E-state index in [0.29, 0.717) is 16.8 Å². The molecule has 0 aliphatic carbocycles. The fourth-order valence-corrected chi connectivity index (χ4v) is 3.03. The molecule has 5 N–H and O–H groups in total. The molecule has 0 unspecified atom stereocenters. The third-order valence-electron chi connectivity index (χ3n) is 4.80. The largest absolute Gasteiger partial charge is 0.573 e. The second-order valence-electron chi connectivity index (χ2n) is 7.79. The standard InChI is InChI=1S/C23H24F3N5O3/c1-13(2)19(12-32)29-22-28-18(14-5-4-8-17(10-14)34-23(24,25)26)11-20(31-22)30-21(33)15-6-3-7-16(27)9-15/h3-11,13,19,32H,12,27H2,1-2H3,(H2,28,29,30,31,33)/t19-/m1/s1. The van der Waals surface area contributed by atoms with Crippen molar-refractivity contribution < 1.29 is 27.8 Å². The maximum Gasteiger partial charge on any atom is 0.573 e. The lowest BCUT2D eigenvalue weighted by Gasteiger charge is -2.20. The van der Waals surface area contributed by atoms with Crippen LogP contribution >= 0.6 is 0 Å². The quantitative estimate of drug-likeness (QED) is 0.358. The molecule has 0 aliphatic rings. The molecule has 0 bridgehead atoms. The highest BCUT2D eigenvalue weighted by Gasteiger charge is 2.31. The fraction of sp³-hybridized carbons (Fsp3) is 0.261. The molecule has 2 aromatic carbocycles. The van der Waals surface area contributed by atoms with Crippen molar-refractivity contribution in [3.05, 3.63) is 60.2 Å².